The Hall–Kier alpha value is -2.14. The van der Waals surface area contributed by atoms with Gasteiger partial charge in [-0.3, -0.25) is 0 Å². The highest BCUT2D eigenvalue weighted by Gasteiger charge is 2.19. The highest BCUT2D eigenvalue weighted by atomic mass is 16.3. The Balaban J connectivity index is 1.42. The molecule has 23 heavy (non-hydrogen) atoms. The van der Waals surface area contributed by atoms with E-state index in [0.717, 1.165) is 49.6 Å². The number of hydrogen-bond donors (Lipinski definition) is 1. The van der Waals surface area contributed by atoms with Gasteiger partial charge in [0.25, 0.3) is 0 Å². The average molecular weight is 310 g/mol. The van der Waals surface area contributed by atoms with E-state index in [2.05, 4.69) is 39.1 Å². The molecule has 2 aromatic heterocycles. The molecular weight excluding hydrogens is 288 g/mol. The van der Waals surface area contributed by atoms with E-state index in [1.165, 1.54) is 17.4 Å². The van der Waals surface area contributed by atoms with Gasteiger partial charge in [-0.15, -0.1) is 10.2 Å². The molecule has 0 aliphatic carbocycles. The maximum absolute atomic E-state index is 5.97. The van der Waals surface area contributed by atoms with Crippen molar-refractivity contribution in [2.45, 2.75) is 39.3 Å². The Labute approximate surface area is 135 Å². The van der Waals surface area contributed by atoms with E-state index < -0.39 is 0 Å². The minimum atomic E-state index is 0.641. The number of hydrogen-bond acceptors (Lipinski definition) is 4. The summed E-state index contributed by atoms with van der Waals surface area (Å²) in [7, 11) is 0. The third-order valence-electron chi connectivity index (χ3n) is 4.76. The van der Waals surface area contributed by atoms with Crippen molar-refractivity contribution in [1.29, 1.82) is 0 Å². The molecule has 0 fully saturated rings. The molecule has 0 saturated carbocycles. The number of nitrogens with one attached hydrogen (secondary N) is 1. The van der Waals surface area contributed by atoms with Crippen LogP contribution in [0.3, 0.4) is 0 Å². The van der Waals surface area contributed by atoms with Crippen LogP contribution in [0.25, 0.3) is 11.0 Å². The Kier molecular flexibility index (Phi) is 3.87. The van der Waals surface area contributed by atoms with Crippen molar-refractivity contribution in [3.05, 3.63) is 47.7 Å². The van der Waals surface area contributed by atoms with Crippen LogP contribution in [0.1, 0.15) is 30.5 Å². The summed E-state index contributed by atoms with van der Waals surface area (Å²) in [6, 6.07) is 8.31. The monoisotopic (exact) mass is 310 g/mol. The molecule has 5 heteroatoms. The first-order chi connectivity index (χ1) is 11.3. The average Bonchev–Trinajstić information content (AvgIpc) is 3.18. The molecule has 1 aliphatic heterocycles. The van der Waals surface area contributed by atoms with Crippen molar-refractivity contribution < 1.29 is 4.42 Å². The molecule has 0 amide bonds. The number of aromatic nitrogens is 3. The van der Waals surface area contributed by atoms with Crippen molar-refractivity contribution in [1.82, 2.24) is 20.1 Å². The Bertz CT molecular complexity index is 804. The van der Waals surface area contributed by atoms with Gasteiger partial charge >= 0.3 is 0 Å². The van der Waals surface area contributed by atoms with Crippen molar-refractivity contribution in [3.8, 4) is 0 Å². The van der Waals surface area contributed by atoms with E-state index in [1.807, 2.05) is 18.5 Å². The Morgan fingerprint density at radius 3 is 3.17 bits per heavy atom. The molecule has 0 unspecified atom stereocenters. The molecule has 1 aliphatic rings. The lowest BCUT2D eigenvalue weighted by Crippen LogP contribution is -2.29. The highest BCUT2D eigenvalue weighted by Crippen LogP contribution is 2.26. The zero-order valence-corrected chi connectivity index (χ0v) is 13.5. The molecule has 0 bridgehead atoms. The molecule has 4 rings (SSSR count). The van der Waals surface area contributed by atoms with Crippen LogP contribution in [0, 0.1) is 5.92 Å². The summed E-state index contributed by atoms with van der Waals surface area (Å²) in [5.41, 5.74) is 2.30. The second-order valence-electron chi connectivity index (χ2n) is 6.29. The van der Waals surface area contributed by atoms with Crippen LogP contribution in [0.4, 0.5) is 0 Å². The van der Waals surface area contributed by atoms with Gasteiger partial charge in [0.2, 0.25) is 0 Å². The molecule has 0 saturated heterocycles. The van der Waals surface area contributed by atoms with Crippen LogP contribution in [0.15, 0.2) is 35.0 Å². The molecule has 1 aromatic carbocycles. The predicted molar refractivity (Wildman–Crippen MR) is 89.1 cm³/mol. The second-order valence-corrected chi connectivity index (χ2v) is 6.29. The fourth-order valence-corrected chi connectivity index (χ4v) is 3.52. The first-order valence-corrected chi connectivity index (χ1v) is 8.42. The SMILES string of the molecule is CCc1oc2ccccc2c1CNC[C@H]1CCc2nncn2C1. The lowest BCUT2D eigenvalue weighted by Gasteiger charge is -2.23. The van der Waals surface area contributed by atoms with Crippen molar-refractivity contribution in [3.63, 3.8) is 0 Å². The molecule has 1 N–H and O–H groups in total. The van der Waals surface area contributed by atoms with Crippen LogP contribution in [0.2, 0.25) is 0 Å². The number of aryl methyl sites for hydroxylation is 2. The highest BCUT2D eigenvalue weighted by molar-refractivity contribution is 5.82. The summed E-state index contributed by atoms with van der Waals surface area (Å²) in [4.78, 5) is 0. The lowest BCUT2D eigenvalue weighted by molar-refractivity contribution is 0.347. The summed E-state index contributed by atoms with van der Waals surface area (Å²) in [6.07, 6.45) is 4.99. The van der Waals surface area contributed by atoms with Crippen molar-refractivity contribution in [2.24, 2.45) is 5.92 Å². The van der Waals surface area contributed by atoms with Gasteiger partial charge in [-0.25, -0.2) is 0 Å². The molecule has 1 atom stereocenters. The third kappa shape index (κ3) is 2.77. The number of rotatable bonds is 5. The number of furan rings is 1. The van der Waals surface area contributed by atoms with Gasteiger partial charge in [-0.1, -0.05) is 25.1 Å². The van der Waals surface area contributed by atoms with E-state index in [4.69, 9.17) is 4.42 Å². The van der Waals surface area contributed by atoms with Crippen LogP contribution in [-0.4, -0.2) is 21.3 Å². The quantitative estimate of drug-likeness (QED) is 0.787. The lowest BCUT2D eigenvalue weighted by atomic mass is 9.99. The Morgan fingerprint density at radius 1 is 1.35 bits per heavy atom. The normalized spacial score (nSPS) is 17.5. The molecule has 0 radical (unpaired) electrons. The number of para-hydroxylation sites is 1. The predicted octanol–water partition coefficient (Wildman–Crippen LogP) is 2.94. The van der Waals surface area contributed by atoms with Crippen molar-refractivity contribution >= 4 is 11.0 Å². The number of fused-ring (bicyclic) bond motifs is 2. The minimum absolute atomic E-state index is 0.641. The largest absolute Gasteiger partial charge is 0.461 e. The second kappa shape index (κ2) is 6.16. The van der Waals surface area contributed by atoms with Gasteiger partial charge in [0, 0.05) is 36.9 Å². The van der Waals surface area contributed by atoms with Gasteiger partial charge in [0.05, 0.1) is 0 Å². The summed E-state index contributed by atoms with van der Waals surface area (Å²) in [5.74, 6) is 2.86. The van der Waals surface area contributed by atoms with Gasteiger partial charge in [-0.05, 0) is 24.9 Å². The smallest absolute Gasteiger partial charge is 0.134 e. The van der Waals surface area contributed by atoms with Gasteiger partial charge in [-0.2, -0.15) is 0 Å². The van der Waals surface area contributed by atoms with E-state index in [0.29, 0.717) is 5.92 Å². The number of benzene rings is 1. The zero-order valence-electron chi connectivity index (χ0n) is 13.5. The Morgan fingerprint density at radius 2 is 2.26 bits per heavy atom. The summed E-state index contributed by atoms with van der Waals surface area (Å²) >= 11 is 0. The standard InChI is InChI=1S/C18H22N4O/c1-2-16-15(14-5-3-4-6-17(14)23-16)10-19-9-13-7-8-18-21-20-12-22(18)11-13/h3-6,12-13,19H,2,7-11H2,1H3/t13-/m1/s1. The maximum atomic E-state index is 5.97. The maximum Gasteiger partial charge on any atom is 0.134 e. The summed E-state index contributed by atoms with van der Waals surface area (Å²) < 4.78 is 8.15. The van der Waals surface area contributed by atoms with Crippen LogP contribution >= 0.6 is 0 Å². The van der Waals surface area contributed by atoms with Gasteiger partial charge < -0.3 is 14.3 Å². The van der Waals surface area contributed by atoms with E-state index in [-0.39, 0.29) is 0 Å². The summed E-state index contributed by atoms with van der Waals surface area (Å²) in [5, 5.41) is 13.0. The van der Waals surface area contributed by atoms with Gasteiger partial charge in [0.1, 0.15) is 23.5 Å². The van der Waals surface area contributed by atoms with Crippen LogP contribution in [0.5, 0.6) is 0 Å². The first kappa shape index (κ1) is 14.5. The van der Waals surface area contributed by atoms with Crippen LogP contribution < -0.4 is 5.32 Å². The minimum Gasteiger partial charge on any atom is -0.461 e. The van der Waals surface area contributed by atoms with Crippen LogP contribution in [-0.2, 0) is 25.9 Å². The van der Waals surface area contributed by atoms with Crippen molar-refractivity contribution in [2.75, 3.05) is 6.54 Å². The molecule has 120 valence electrons. The number of nitrogens with zero attached hydrogens (tertiary/aromatic N) is 3. The van der Waals surface area contributed by atoms with E-state index in [9.17, 15) is 0 Å². The fourth-order valence-electron chi connectivity index (χ4n) is 3.52. The molecule has 5 nitrogen and oxygen atoms in total. The zero-order chi connectivity index (χ0) is 15.6. The van der Waals surface area contributed by atoms with Gasteiger partial charge in [0.15, 0.2) is 0 Å². The van der Waals surface area contributed by atoms with E-state index in [1.54, 1.807) is 0 Å². The molecule has 3 aromatic rings. The summed E-state index contributed by atoms with van der Waals surface area (Å²) in [6.45, 7) is 5.05. The first-order valence-electron chi connectivity index (χ1n) is 8.42. The fraction of sp³-hybridized carbons (Fsp3) is 0.444. The third-order valence-corrected chi connectivity index (χ3v) is 4.76. The van der Waals surface area contributed by atoms with E-state index >= 15 is 0 Å². The molecular formula is C18H22N4O. The molecule has 3 heterocycles. The molecule has 0 spiro atoms. The topological polar surface area (TPSA) is 55.9 Å².